The SMILES string of the molecule is COC(=O)CCCCOc1cccc(-c2c3nc(c(-c4cc(C(C)(C)C)cc(C(C)(C)C)c4)c4ccc(cc5nc(c(-c6cc(C(C)(C)C)cc(C(C)(C)C)c6)c6ccc2[nH]6)C=C5)[nH]4)C=C3)c1. The van der Waals surface area contributed by atoms with E-state index in [9.17, 15) is 4.79 Å². The minimum atomic E-state index is -0.205. The van der Waals surface area contributed by atoms with E-state index < -0.39 is 0 Å². The number of nitrogens with one attached hydrogen (secondary N) is 2. The third-order valence-corrected chi connectivity index (χ3v) is 12.9. The minimum Gasteiger partial charge on any atom is -0.494 e. The van der Waals surface area contributed by atoms with E-state index in [2.05, 4.69) is 196 Å². The zero-order chi connectivity index (χ0) is 48.1. The van der Waals surface area contributed by atoms with Gasteiger partial charge in [-0.3, -0.25) is 4.79 Å². The number of carbonyl (C=O) groups excluding carboxylic acids is 1. The van der Waals surface area contributed by atoms with Crippen molar-refractivity contribution in [1.29, 1.82) is 0 Å². The number of carbonyl (C=O) groups is 1. The molecule has 7 heteroatoms. The van der Waals surface area contributed by atoms with Crippen molar-refractivity contribution < 1.29 is 14.3 Å². The summed E-state index contributed by atoms with van der Waals surface area (Å²) >= 11 is 0. The first-order valence-electron chi connectivity index (χ1n) is 23.8. The number of benzene rings is 3. The van der Waals surface area contributed by atoms with Gasteiger partial charge in [-0.15, -0.1) is 0 Å². The van der Waals surface area contributed by atoms with Gasteiger partial charge in [0.05, 0.1) is 36.5 Å². The number of esters is 1. The number of aromatic nitrogens is 4. The molecule has 0 fully saturated rings. The van der Waals surface area contributed by atoms with Crippen molar-refractivity contribution >= 4 is 52.3 Å². The molecule has 0 spiro atoms. The van der Waals surface area contributed by atoms with Crippen LogP contribution in [0.5, 0.6) is 5.75 Å². The number of methoxy groups -OCH3 is 1. The predicted octanol–water partition coefficient (Wildman–Crippen LogP) is 15.6. The molecule has 2 aliphatic heterocycles. The van der Waals surface area contributed by atoms with Crippen LogP contribution in [0.15, 0.2) is 91.0 Å². The van der Waals surface area contributed by atoms with Crippen LogP contribution in [-0.4, -0.2) is 39.6 Å². The maximum absolute atomic E-state index is 11.8. The van der Waals surface area contributed by atoms with Crippen molar-refractivity contribution in [3.63, 3.8) is 0 Å². The Morgan fingerprint density at radius 3 is 1.51 bits per heavy atom. The molecule has 0 saturated carbocycles. The molecule has 346 valence electrons. The number of hydrogen-bond acceptors (Lipinski definition) is 5. The van der Waals surface area contributed by atoms with Crippen LogP contribution in [0.3, 0.4) is 0 Å². The van der Waals surface area contributed by atoms with Gasteiger partial charge < -0.3 is 19.4 Å². The van der Waals surface area contributed by atoms with Gasteiger partial charge in [0.2, 0.25) is 0 Å². The van der Waals surface area contributed by atoms with Crippen molar-refractivity contribution in [3.05, 3.63) is 136 Å². The Morgan fingerprint density at radius 2 is 0.985 bits per heavy atom. The van der Waals surface area contributed by atoms with E-state index in [0.717, 1.165) is 90.4 Å². The van der Waals surface area contributed by atoms with Crippen LogP contribution in [0.25, 0.3) is 79.8 Å². The summed E-state index contributed by atoms with van der Waals surface area (Å²) in [6, 6.07) is 33.2. The Bertz CT molecular complexity index is 2960. The number of ether oxygens (including phenoxy) is 2. The van der Waals surface area contributed by atoms with Crippen molar-refractivity contribution in [3.8, 4) is 39.1 Å². The van der Waals surface area contributed by atoms with Crippen molar-refractivity contribution in [2.45, 2.75) is 124 Å². The topological polar surface area (TPSA) is 92.9 Å². The molecule has 0 unspecified atom stereocenters. The second kappa shape index (κ2) is 18.0. The molecule has 3 aromatic heterocycles. The fraction of sp³-hybridized carbons (Fsp3) is 0.350. The zero-order valence-electron chi connectivity index (χ0n) is 41.9. The Labute approximate surface area is 397 Å². The summed E-state index contributed by atoms with van der Waals surface area (Å²) < 4.78 is 11.2. The Kier molecular flexibility index (Phi) is 12.6. The van der Waals surface area contributed by atoms with E-state index in [1.165, 1.54) is 29.4 Å². The molecule has 8 rings (SSSR count). The van der Waals surface area contributed by atoms with Crippen molar-refractivity contribution in [2.75, 3.05) is 13.7 Å². The molecule has 7 nitrogen and oxygen atoms in total. The van der Waals surface area contributed by atoms with Crippen LogP contribution in [0, 0.1) is 0 Å². The number of rotatable bonds is 9. The average molecular weight is 893 g/mol. The number of aromatic amines is 2. The van der Waals surface area contributed by atoms with Crippen molar-refractivity contribution in [1.82, 2.24) is 19.9 Å². The molecule has 6 aromatic rings. The lowest BCUT2D eigenvalue weighted by Crippen LogP contribution is -2.16. The lowest BCUT2D eigenvalue weighted by Gasteiger charge is -2.26. The molecular weight excluding hydrogens is 825 g/mol. The molecule has 0 aliphatic carbocycles. The summed E-state index contributed by atoms with van der Waals surface area (Å²) in [7, 11) is 1.43. The number of unbranched alkanes of at least 4 members (excludes halogenated alkanes) is 1. The molecule has 0 saturated heterocycles. The number of nitrogens with zero attached hydrogens (tertiary/aromatic N) is 2. The quantitative estimate of drug-likeness (QED) is 0.111. The van der Waals surface area contributed by atoms with E-state index in [0.29, 0.717) is 19.4 Å². The van der Waals surface area contributed by atoms with Crippen molar-refractivity contribution in [2.24, 2.45) is 0 Å². The first-order chi connectivity index (χ1) is 31.5. The van der Waals surface area contributed by atoms with Gasteiger partial charge in [-0.05, 0) is 140 Å². The highest BCUT2D eigenvalue weighted by atomic mass is 16.5. The highest BCUT2D eigenvalue weighted by Gasteiger charge is 2.25. The lowest BCUT2D eigenvalue weighted by atomic mass is 9.78. The third-order valence-electron chi connectivity index (χ3n) is 12.9. The molecule has 2 N–H and O–H groups in total. The monoisotopic (exact) mass is 893 g/mol. The summed E-state index contributed by atoms with van der Waals surface area (Å²) in [5.74, 6) is 0.545. The Balaban J connectivity index is 1.45. The number of H-pyrrole nitrogens is 2. The first-order valence-corrected chi connectivity index (χ1v) is 23.8. The van der Waals surface area contributed by atoms with Crippen LogP contribution in [-0.2, 0) is 31.2 Å². The summed E-state index contributed by atoms with van der Waals surface area (Å²) in [5.41, 5.74) is 18.3. The maximum Gasteiger partial charge on any atom is 0.305 e. The highest BCUT2D eigenvalue weighted by molar-refractivity contribution is 5.98. The van der Waals surface area contributed by atoms with Crippen LogP contribution >= 0.6 is 0 Å². The fourth-order valence-electron chi connectivity index (χ4n) is 8.73. The van der Waals surface area contributed by atoms with Gasteiger partial charge in [-0.2, -0.15) is 0 Å². The molecule has 67 heavy (non-hydrogen) atoms. The van der Waals surface area contributed by atoms with Crippen LogP contribution in [0.2, 0.25) is 0 Å². The van der Waals surface area contributed by atoms with Crippen LogP contribution in [0.4, 0.5) is 0 Å². The van der Waals surface area contributed by atoms with Gasteiger partial charge in [0.1, 0.15) is 5.75 Å². The van der Waals surface area contributed by atoms with E-state index in [1.807, 2.05) is 12.1 Å². The lowest BCUT2D eigenvalue weighted by molar-refractivity contribution is -0.140. The molecule has 3 aromatic carbocycles. The van der Waals surface area contributed by atoms with Gasteiger partial charge in [-0.1, -0.05) is 132 Å². The first kappa shape index (κ1) is 47.0. The minimum absolute atomic E-state index is 0.0751. The average Bonchev–Trinajstić information content (AvgIpc) is 4.10. The van der Waals surface area contributed by atoms with E-state index in [-0.39, 0.29) is 27.6 Å². The third kappa shape index (κ3) is 10.4. The number of fused-ring (bicyclic) bond motifs is 8. The smallest absolute Gasteiger partial charge is 0.305 e. The fourth-order valence-corrected chi connectivity index (χ4v) is 8.73. The molecule has 5 heterocycles. The summed E-state index contributed by atoms with van der Waals surface area (Å²) in [6.45, 7) is 27.9. The summed E-state index contributed by atoms with van der Waals surface area (Å²) in [4.78, 5) is 30.4. The standard InChI is InChI=1S/C60H68N4O3/c1-57(2,3)40-29-38(30-41(34-40)58(4,5)6)55-47-22-20-44(61-47)36-45-21-23-48(62-45)56(39-31-42(59(7,8)9)35-43(32-39)60(10,11)12)52-27-25-50(64-52)54(49-24-26-51(55)63-49)37-17-16-18-46(33-37)67-28-15-14-19-53(65)66-13/h16-18,20-27,29-36,61,64H,14-15,19,28H2,1-13H3. The van der Waals surface area contributed by atoms with Gasteiger partial charge >= 0.3 is 5.97 Å². The van der Waals surface area contributed by atoms with E-state index in [4.69, 9.17) is 19.4 Å². The molecule has 2 aliphatic rings. The van der Waals surface area contributed by atoms with Crippen LogP contribution < -0.4 is 4.74 Å². The predicted molar refractivity (Wildman–Crippen MR) is 281 cm³/mol. The van der Waals surface area contributed by atoms with Gasteiger partial charge in [0, 0.05) is 45.2 Å². The molecule has 0 atom stereocenters. The van der Waals surface area contributed by atoms with E-state index in [1.54, 1.807) is 0 Å². The number of hydrogen-bond donors (Lipinski definition) is 2. The zero-order valence-corrected chi connectivity index (χ0v) is 41.9. The summed E-state index contributed by atoms with van der Waals surface area (Å²) in [6.07, 6.45) is 10.4. The van der Waals surface area contributed by atoms with Gasteiger partial charge in [0.25, 0.3) is 0 Å². The second-order valence-electron chi connectivity index (χ2n) is 22.4. The Hall–Kier alpha value is -6.47. The maximum atomic E-state index is 11.8. The molecular formula is C60H68N4O3. The van der Waals surface area contributed by atoms with E-state index >= 15 is 0 Å². The van der Waals surface area contributed by atoms with Gasteiger partial charge in [-0.25, -0.2) is 9.97 Å². The molecule has 0 amide bonds. The van der Waals surface area contributed by atoms with Gasteiger partial charge in [0.15, 0.2) is 0 Å². The molecule has 0 radical (unpaired) electrons. The van der Waals surface area contributed by atoms with Crippen LogP contribution in [0.1, 0.15) is 147 Å². The summed E-state index contributed by atoms with van der Waals surface area (Å²) in [5, 5.41) is 0. The Morgan fingerprint density at radius 1 is 0.507 bits per heavy atom. The normalized spacial score (nSPS) is 13.0. The highest BCUT2D eigenvalue weighted by Crippen LogP contribution is 2.41. The largest absolute Gasteiger partial charge is 0.494 e. The second-order valence-corrected chi connectivity index (χ2v) is 22.4. The molecule has 8 bridgehead atoms.